The summed E-state index contributed by atoms with van der Waals surface area (Å²) in [5.41, 5.74) is 7.74. The van der Waals surface area contributed by atoms with Crippen LogP contribution in [0.5, 0.6) is 5.75 Å². The zero-order valence-electron chi connectivity index (χ0n) is 18.1. The molecule has 0 radical (unpaired) electrons. The van der Waals surface area contributed by atoms with Crippen LogP contribution in [-0.4, -0.2) is 23.6 Å². The van der Waals surface area contributed by atoms with Gasteiger partial charge in [-0.25, -0.2) is 5.01 Å². The largest absolute Gasteiger partial charge is 0.494 e. The summed E-state index contributed by atoms with van der Waals surface area (Å²) in [4.78, 5) is 13.1. The van der Waals surface area contributed by atoms with Crippen LogP contribution in [0.1, 0.15) is 46.8 Å². The third-order valence-electron chi connectivity index (χ3n) is 5.79. The molecule has 4 rings (SSSR count). The van der Waals surface area contributed by atoms with Crippen molar-refractivity contribution in [1.29, 1.82) is 0 Å². The molecule has 3 aromatic rings. The Hall–Kier alpha value is -3.11. The van der Waals surface area contributed by atoms with Gasteiger partial charge in [0.05, 0.1) is 6.61 Å². The minimum absolute atomic E-state index is 0.0907. The lowest BCUT2D eigenvalue weighted by Crippen LogP contribution is -2.48. The number of hydrogen-bond acceptors (Lipinski definition) is 3. The van der Waals surface area contributed by atoms with Crippen LogP contribution in [-0.2, 0) is 19.4 Å². The zero-order chi connectivity index (χ0) is 21.5. The lowest BCUT2D eigenvalue weighted by atomic mass is 10.1. The summed E-state index contributed by atoms with van der Waals surface area (Å²) in [6.07, 6.45) is 4.00. The van der Waals surface area contributed by atoms with Crippen LogP contribution in [0.15, 0.2) is 78.9 Å². The topological polar surface area (TPSA) is 41.6 Å². The fraction of sp³-hybridized carbons (Fsp3) is 0.296. The highest BCUT2D eigenvalue weighted by molar-refractivity contribution is 5.94. The van der Waals surface area contributed by atoms with Crippen LogP contribution in [0.4, 0.5) is 0 Å². The fourth-order valence-electron chi connectivity index (χ4n) is 4.03. The molecule has 3 aromatic carbocycles. The van der Waals surface area contributed by atoms with E-state index in [1.165, 1.54) is 16.7 Å². The molecule has 0 aliphatic heterocycles. The summed E-state index contributed by atoms with van der Waals surface area (Å²) >= 11 is 0. The van der Waals surface area contributed by atoms with Gasteiger partial charge in [-0.1, -0.05) is 67.9 Å². The van der Waals surface area contributed by atoms with Crippen molar-refractivity contribution in [1.82, 2.24) is 10.4 Å². The smallest absolute Gasteiger partial charge is 0.265 e. The highest BCUT2D eigenvalue weighted by atomic mass is 16.5. The van der Waals surface area contributed by atoms with Crippen LogP contribution in [0.3, 0.4) is 0 Å². The first kappa shape index (κ1) is 21.1. The van der Waals surface area contributed by atoms with Gasteiger partial charge in [0, 0.05) is 18.2 Å². The van der Waals surface area contributed by atoms with Gasteiger partial charge >= 0.3 is 0 Å². The average molecular weight is 415 g/mol. The van der Waals surface area contributed by atoms with E-state index < -0.39 is 0 Å². The molecule has 4 heteroatoms. The number of fused-ring (bicyclic) bond motifs is 1. The highest BCUT2D eigenvalue weighted by Gasteiger charge is 2.28. The van der Waals surface area contributed by atoms with Crippen molar-refractivity contribution in [2.24, 2.45) is 0 Å². The maximum Gasteiger partial charge on any atom is 0.265 e. The quantitative estimate of drug-likeness (QED) is 0.387. The standard InChI is InChI=1S/C27H30N2O2/c1-2-3-17-31-26-15-13-22(14-16-26)27(30)28-29(20-21-9-5-4-6-10-21)25-18-23-11-7-8-12-24(23)19-25/h4-16,25H,2-3,17-20H2,1H3,(H,28,30). The third kappa shape index (κ3) is 5.53. The van der Waals surface area contributed by atoms with Gasteiger partial charge in [0.15, 0.2) is 0 Å². The maximum atomic E-state index is 13.1. The van der Waals surface area contributed by atoms with Gasteiger partial charge in [-0.2, -0.15) is 0 Å². The lowest BCUT2D eigenvalue weighted by molar-refractivity contribution is 0.0667. The van der Waals surface area contributed by atoms with Crippen molar-refractivity contribution in [3.63, 3.8) is 0 Å². The summed E-state index contributed by atoms with van der Waals surface area (Å²) < 4.78 is 5.72. The molecule has 0 spiro atoms. The molecule has 0 saturated heterocycles. The number of hydrazine groups is 1. The summed E-state index contributed by atoms with van der Waals surface area (Å²) in [5, 5.41) is 2.10. The Morgan fingerprint density at radius 3 is 2.23 bits per heavy atom. The second kappa shape index (κ2) is 10.3. The zero-order valence-corrected chi connectivity index (χ0v) is 18.1. The molecular formula is C27H30N2O2. The van der Waals surface area contributed by atoms with E-state index in [9.17, 15) is 4.79 Å². The molecular weight excluding hydrogens is 384 g/mol. The van der Waals surface area contributed by atoms with Gasteiger partial charge in [-0.3, -0.25) is 10.2 Å². The van der Waals surface area contributed by atoms with Gasteiger partial charge in [0.2, 0.25) is 0 Å². The van der Waals surface area contributed by atoms with E-state index in [4.69, 9.17) is 4.74 Å². The van der Waals surface area contributed by atoms with E-state index in [0.717, 1.165) is 31.4 Å². The van der Waals surface area contributed by atoms with E-state index in [1.807, 2.05) is 42.5 Å². The summed E-state index contributed by atoms with van der Waals surface area (Å²) in [5.74, 6) is 0.712. The molecule has 0 heterocycles. The van der Waals surface area contributed by atoms with Crippen molar-refractivity contribution in [2.75, 3.05) is 6.61 Å². The van der Waals surface area contributed by atoms with Gasteiger partial charge in [-0.15, -0.1) is 0 Å². The van der Waals surface area contributed by atoms with Crippen molar-refractivity contribution >= 4 is 5.91 Å². The van der Waals surface area contributed by atoms with E-state index >= 15 is 0 Å². The average Bonchev–Trinajstić information content (AvgIpc) is 3.24. The van der Waals surface area contributed by atoms with Crippen molar-refractivity contribution in [2.45, 2.75) is 45.2 Å². The summed E-state index contributed by atoms with van der Waals surface area (Å²) in [7, 11) is 0. The third-order valence-corrected chi connectivity index (χ3v) is 5.79. The van der Waals surface area contributed by atoms with E-state index in [1.54, 1.807) is 0 Å². The number of carbonyl (C=O) groups excluding carboxylic acids is 1. The molecule has 160 valence electrons. The summed E-state index contributed by atoms with van der Waals surface area (Å²) in [6.45, 7) is 3.51. The van der Waals surface area contributed by atoms with Crippen LogP contribution in [0.2, 0.25) is 0 Å². The minimum atomic E-state index is -0.0907. The van der Waals surface area contributed by atoms with Gasteiger partial charge in [-0.05, 0) is 60.2 Å². The van der Waals surface area contributed by atoms with Crippen molar-refractivity contribution in [3.05, 3.63) is 101 Å². The van der Waals surface area contributed by atoms with Gasteiger partial charge < -0.3 is 4.74 Å². The Morgan fingerprint density at radius 1 is 0.935 bits per heavy atom. The highest BCUT2D eigenvalue weighted by Crippen LogP contribution is 2.26. The first-order chi connectivity index (χ1) is 15.2. The van der Waals surface area contributed by atoms with Crippen LogP contribution >= 0.6 is 0 Å². The molecule has 0 atom stereocenters. The molecule has 31 heavy (non-hydrogen) atoms. The molecule has 4 nitrogen and oxygen atoms in total. The molecule has 0 saturated carbocycles. The minimum Gasteiger partial charge on any atom is -0.494 e. The Bertz CT molecular complexity index is 961. The number of benzene rings is 3. The first-order valence-corrected chi connectivity index (χ1v) is 11.1. The molecule has 0 bridgehead atoms. The molecule has 1 aliphatic carbocycles. The maximum absolute atomic E-state index is 13.1. The Balaban J connectivity index is 1.46. The number of carbonyl (C=O) groups is 1. The predicted octanol–water partition coefficient (Wildman–Crippen LogP) is 5.18. The molecule has 1 N–H and O–H groups in total. The number of rotatable bonds is 9. The molecule has 1 aliphatic rings. The van der Waals surface area contributed by atoms with Gasteiger partial charge in [0.1, 0.15) is 5.75 Å². The monoisotopic (exact) mass is 414 g/mol. The number of unbranched alkanes of at least 4 members (excludes halogenated alkanes) is 1. The van der Waals surface area contributed by atoms with Gasteiger partial charge in [0.25, 0.3) is 5.91 Å². The normalized spacial score (nSPS) is 13.2. The summed E-state index contributed by atoms with van der Waals surface area (Å²) in [6, 6.07) is 26.5. The Labute approximate surface area is 184 Å². The first-order valence-electron chi connectivity index (χ1n) is 11.1. The Kier molecular flexibility index (Phi) is 7.00. The lowest BCUT2D eigenvalue weighted by Gasteiger charge is -2.29. The van der Waals surface area contributed by atoms with E-state index in [2.05, 4.69) is 53.8 Å². The fourth-order valence-corrected chi connectivity index (χ4v) is 4.03. The number of hydrogen-bond donors (Lipinski definition) is 1. The van der Waals surface area contributed by atoms with Crippen LogP contribution < -0.4 is 10.2 Å². The number of nitrogens with zero attached hydrogens (tertiary/aromatic N) is 1. The van der Waals surface area contributed by atoms with Crippen molar-refractivity contribution < 1.29 is 9.53 Å². The predicted molar refractivity (Wildman–Crippen MR) is 124 cm³/mol. The Morgan fingerprint density at radius 2 is 1.58 bits per heavy atom. The SMILES string of the molecule is CCCCOc1ccc(C(=O)NN(Cc2ccccc2)C2Cc3ccccc3C2)cc1. The molecule has 0 aromatic heterocycles. The van der Waals surface area contributed by atoms with E-state index in [0.29, 0.717) is 18.7 Å². The molecule has 1 amide bonds. The van der Waals surface area contributed by atoms with Crippen LogP contribution in [0, 0.1) is 0 Å². The second-order valence-electron chi connectivity index (χ2n) is 8.11. The molecule has 0 unspecified atom stereocenters. The second-order valence-corrected chi connectivity index (χ2v) is 8.11. The number of nitrogens with one attached hydrogen (secondary N) is 1. The van der Waals surface area contributed by atoms with Crippen LogP contribution in [0.25, 0.3) is 0 Å². The van der Waals surface area contributed by atoms with Crippen molar-refractivity contribution in [3.8, 4) is 5.75 Å². The molecule has 0 fully saturated rings. The number of ether oxygens (including phenoxy) is 1. The number of amides is 1. The van der Waals surface area contributed by atoms with E-state index in [-0.39, 0.29) is 11.9 Å².